The normalized spacial score (nSPS) is 18.0. The molecule has 37 heavy (non-hydrogen) atoms. The average molecular weight is 536 g/mol. The number of hydrogen-bond acceptors (Lipinski definition) is 4. The van der Waals surface area contributed by atoms with E-state index in [4.69, 9.17) is 11.6 Å². The minimum absolute atomic E-state index is 0.160. The third-order valence-corrected chi connectivity index (χ3v) is 8.43. The van der Waals surface area contributed by atoms with Crippen LogP contribution >= 0.6 is 11.6 Å². The van der Waals surface area contributed by atoms with Crippen LogP contribution in [0.15, 0.2) is 94.7 Å². The van der Waals surface area contributed by atoms with Gasteiger partial charge in [0, 0.05) is 40.6 Å². The highest BCUT2D eigenvalue weighted by Crippen LogP contribution is 2.25. The van der Waals surface area contributed by atoms with Gasteiger partial charge in [0.2, 0.25) is 10.0 Å². The van der Waals surface area contributed by atoms with E-state index >= 15 is 0 Å². The monoisotopic (exact) mass is 535 g/mol. The molecule has 2 atom stereocenters. The first-order chi connectivity index (χ1) is 17.8. The van der Waals surface area contributed by atoms with Gasteiger partial charge in [-0.25, -0.2) is 13.1 Å². The van der Waals surface area contributed by atoms with Gasteiger partial charge in [-0.15, -0.1) is 0 Å². The number of nitrogens with one attached hydrogen (secondary N) is 2. The number of aromatic nitrogens is 1. The predicted octanol–water partition coefficient (Wildman–Crippen LogP) is 4.66. The van der Waals surface area contributed by atoms with Crippen molar-refractivity contribution in [1.82, 2.24) is 14.6 Å². The molecule has 1 aliphatic rings. The second-order valence-corrected chi connectivity index (χ2v) is 11.4. The first-order valence-corrected chi connectivity index (χ1v) is 14.0. The van der Waals surface area contributed by atoms with Crippen LogP contribution in [0.2, 0.25) is 5.02 Å². The summed E-state index contributed by atoms with van der Waals surface area (Å²) in [6.07, 6.45) is 4.74. The van der Waals surface area contributed by atoms with Crippen molar-refractivity contribution in [2.24, 2.45) is 0 Å². The van der Waals surface area contributed by atoms with E-state index in [0.717, 1.165) is 23.6 Å². The summed E-state index contributed by atoms with van der Waals surface area (Å²) in [5, 5.41) is 5.24. The van der Waals surface area contributed by atoms with Crippen molar-refractivity contribution in [2.45, 2.75) is 42.7 Å². The van der Waals surface area contributed by atoms with Gasteiger partial charge in [0.1, 0.15) is 0 Å². The lowest BCUT2D eigenvalue weighted by atomic mass is 9.91. The molecule has 0 radical (unpaired) electrons. The molecule has 7 nitrogen and oxygen atoms in total. The number of amides is 1. The van der Waals surface area contributed by atoms with E-state index in [1.54, 1.807) is 79.0 Å². The summed E-state index contributed by atoms with van der Waals surface area (Å²) in [6.45, 7) is 0. The maximum Gasteiger partial charge on any atom is 0.255 e. The van der Waals surface area contributed by atoms with Crippen molar-refractivity contribution < 1.29 is 13.2 Å². The van der Waals surface area contributed by atoms with Crippen molar-refractivity contribution in [3.63, 3.8) is 0 Å². The molecule has 3 aromatic carbocycles. The SMILES string of the molecule is O=C(N[C@@H]1CCCC[C@@H]1NS(=O)(=O)c1ccc2cc(Cl)ccc2c1)c1ccc(-n2ccccc2=O)cc1. The minimum Gasteiger partial charge on any atom is -0.348 e. The number of carbonyl (C=O) groups is 1. The summed E-state index contributed by atoms with van der Waals surface area (Å²) >= 11 is 6.04. The van der Waals surface area contributed by atoms with Crippen molar-refractivity contribution in [3.8, 4) is 5.69 Å². The molecule has 1 aromatic heterocycles. The zero-order chi connectivity index (χ0) is 26.0. The third-order valence-electron chi connectivity index (χ3n) is 6.70. The molecular weight excluding hydrogens is 510 g/mol. The van der Waals surface area contributed by atoms with E-state index in [1.165, 1.54) is 10.6 Å². The molecule has 0 aliphatic heterocycles. The summed E-state index contributed by atoms with van der Waals surface area (Å²) in [5.74, 6) is -0.286. The number of hydrogen-bond donors (Lipinski definition) is 2. The molecule has 0 spiro atoms. The highest BCUT2D eigenvalue weighted by atomic mass is 35.5. The van der Waals surface area contributed by atoms with Crippen LogP contribution < -0.4 is 15.6 Å². The fraction of sp³-hybridized carbons (Fsp3) is 0.214. The Balaban J connectivity index is 1.30. The summed E-state index contributed by atoms with van der Waals surface area (Å²) in [7, 11) is -3.80. The molecule has 1 saturated carbocycles. The number of pyridine rings is 1. The molecule has 4 aromatic rings. The molecule has 190 valence electrons. The van der Waals surface area contributed by atoms with Crippen molar-refractivity contribution in [1.29, 1.82) is 0 Å². The van der Waals surface area contributed by atoms with Crippen molar-refractivity contribution >= 4 is 38.3 Å². The van der Waals surface area contributed by atoms with Crippen LogP contribution in [0.1, 0.15) is 36.0 Å². The molecule has 0 bridgehead atoms. The minimum atomic E-state index is -3.80. The third kappa shape index (κ3) is 5.61. The van der Waals surface area contributed by atoms with Gasteiger partial charge in [-0.05, 0) is 78.2 Å². The fourth-order valence-corrected chi connectivity index (χ4v) is 6.27. The highest BCUT2D eigenvalue weighted by Gasteiger charge is 2.31. The number of nitrogens with zero attached hydrogens (tertiary/aromatic N) is 1. The first kappa shape index (κ1) is 25.2. The van der Waals surface area contributed by atoms with Crippen LogP contribution in [0.5, 0.6) is 0 Å². The van der Waals surface area contributed by atoms with Gasteiger partial charge >= 0.3 is 0 Å². The van der Waals surface area contributed by atoms with Gasteiger partial charge in [0.15, 0.2) is 0 Å². The summed E-state index contributed by atoms with van der Waals surface area (Å²) < 4.78 is 30.8. The molecule has 1 amide bonds. The fourth-order valence-electron chi connectivity index (χ4n) is 4.74. The molecule has 0 saturated heterocycles. The van der Waals surface area contributed by atoms with E-state index in [2.05, 4.69) is 10.0 Å². The Morgan fingerprint density at radius 1 is 0.865 bits per heavy atom. The quantitative estimate of drug-likeness (QED) is 0.375. The summed E-state index contributed by atoms with van der Waals surface area (Å²) in [5.41, 5.74) is 0.934. The van der Waals surface area contributed by atoms with Crippen LogP contribution in [-0.4, -0.2) is 31.0 Å². The van der Waals surface area contributed by atoms with Gasteiger partial charge in [0.25, 0.3) is 11.5 Å². The topological polar surface area (TPSA) is 97.3 Å². The Bertz CT molecular complexity index is 1620. The Hall–Kier alpha value is -3.46. The number of sulfonamides is 1. The Morgan fingerprint density at radius 3 is 2.32 bits per heavy atom. The van der Waals surface area contributed by atoms with Gasteiger partial charge in [-0.2, -0.15) is 0 Å². The molecule has 1 heterocycles. The standard InChI is InChI=1S/C28H26ClN3O4S/c29-22-12-8-21-18-24(15-11-20(21)17-22)37(35,36)31-26-6-2-1-5-25(26)30-28(34)19-9-13-23(14-10-19)32-16-4-3-7-27(32)33/h3-4,7-18,25-26,31H,1-2,5-6H2,(H,30,34)/t25-,26+/m1/s1. The van der Waals surface area contributed by atoms with Crippen LogP contribution in [0.3, 0.4) is 0 Å². The largest absolute Gasteiger partial charge is 0.348 e. The van der Waals surface area contributed by atoms with Gasteiger partial charge < -0.3 is 5.32 Å². The van der Waals surface area contributed by atoms with E-state index in [0.29, 0.717) is 29.1 Å². The number of carbonyl (C=O) groups excluding carboxylic acids is 1. The molecule has 5 rings (SSSR count). The molecular formula is C28H26ClN3O4S. The Labute approximate surface area is 220 Å². The van der Waals surface area contributed by atoms with Crippen LogP contribution in [0, 0.1) is 0 Å². The lowest BCUT2D eigenvalue weighted by Crippen LogP contribution is -2.53. The second-order valence-electron chi connectivity index (χ2n) is 9.20. The molecule has 2 N–H and O–H groups in total. The van der Waals surface area contributed by atoms with E-state index in [-0.39, 0.29) is 22.4 Å². The molecule has 0 unspecified atom stereocenters. The van der Waals surface area contributed by atoms with Crippen LogP contribution in [-0.2, 0) is 10.0 Å². The maximum atomic E-state index is 13.2. The lowest BCUT2D eigenvalue weighted by molar-refractivity contribution is 0.0918. The van der Waals surface area contributed by atoms with E-state index in [9.17, 15) is 18.0 Å². The predicted molar refractivity (Wildman–Crippen MR) is 145 cm³/mol. The van der Waals surface area contributed by atoms with Crippen molar-refractivity contribution in [3.05, 3.63) is 106 Å². The number of fused-ring (bicyclic) bond motifs is 1. The van der Waals surface area contributed by atoms with Crippen LogP contribution in [0.4, 0.5) is 0 Å². The summed E-state index contributed by atoms with van der Waals surface area (Å²) in [6, 6.07) is 21.1. The van der Waals surface area contributed by atoms with E-state index in [1.807, 2.05) is 0 Å². The average Bonchev–Trinajstić information content (AvgIpc) is 2.89. The first-order valence-electron chi connectivity index (χ1n) is 12.1. The number of benzene rings is 3. The zero-order valence-electron chi connectivity index (χ0n) is 19.9. The summed E-state index contributed by atoms with van der Waals surface area (Å²) in [4.78, 5) is 25.2. The van der Waals surface area contributed by atoms with Crippen LogP contribution in [0.25, 0.3) is 16.5 Å². The highest BCUT2D eigenvalue weighted by molar-refractivity contribution is 7.89. The Morgan fingerprint density at radius 2 is 1.57 bits per heavy atom. The Kier molecular flexibility index (Phi) is 7.15. The second kappa shape index (κ2) is 10.5. The zero-order valence-corrected chi connectivity index (χ0v) is 21.5. The van der Waals surface area contributed by atoms with Crippen molar-refractivity contribution in [2.75, 3.05) is 0 Å². The van der Waals surface area contributed by atoms with E-state index < -0.39 is 16.1 Å². The van der Waals surface area contributed by atoms with Gasteiger partial charge in [-0.3, -0.25) is 14.2 Å². The molecule has 1 fully saturated rings. The van der Waals surface area contributed by atoms with Gasteiger partial charge in [0.05, 0.1) is 4.90 Å². The lowest BCUT2D eigenvalue weighted by Gasteiger charge is -2.32. The maximum absolute atomic E-state index is 13.2. The molecule has 1 aliphatic carbocycles. The number of halogens is 1. The number of rotatable bonds is 6. The smallest absolute Gasteiger partial charge is 0.255 e. The molecule has 9 heteroatoms. The van der Waals surface area contributed by atoms with Gasteiger partial charge in [-0.1, -0.05) is 42.6 Å².